The van der Waals surface area contributed by atoms with E-state index in [1.165, 1.54) is 11.3 Å². The number of piperidine rings is 1. The number of nitrogens with zero attached hydrogens (tertiary/aromatic N) is 5. The molecule has 0 saturated carbocycles. The van der Waals surface area contributed by atoms with E-state index in [0.29, 0.717) is 36.8 Å². The molecule has 1 atom stereocenters. The van der Waals surface area contributed by atoms with Gasteiger partial charge in [0.1, 0.15) is 5.60 Å². The van der Waals surface area contributed by atoms with Crippen LogP contribution in [0.1, 0.15) is 68.1 Å². The fourth-order valence-corrected chi connectivity index (χ4v) is 5.99. The Balaban J connectivity index is 1.38. The van der Waals surface area contributed by atoms with Crippen LogP contribution in [0.15, 0.2) is 54.7 Å². The molecule has 5 rings (SSSR count). The number of hydrogen-bond acceptors (Lipinski definition) is 5. The van der Waals surface area contributed by atoms with Gasteiger partial charge in [-0.2, -0.15) is 5.10 Å². The first-order chi connectivity index (χ1) is 19.5. The number of likely N-dealkylation sites (tertiary alicyclic amines) is 1. The molecule has 0 aliphatic carbocycles. The molecule has 8 nitrogen and oxygen atoms in total. The topological polar surface area (TPSA) is 70.9 Å². The molecule has 41 heavy (non-hydrogen) atoms. The fraction of sp³-hybridized carbons (Fsp3) is 0.469. The van der Waals surface area contributed by atoms with E-state index in [2.05, 4.69) is 43.0 Å². The molecule has 0 spiro atoms. The Kier molecular flexibility index (Phi) is 8.32. The smallest absolute Gasteiger partial charge is 0.410 e. The summed E-state index contributed by atoms with van der Waals surface area (Å²) in [7, 11) is 0. The van der Waals surface area contributed by atoms with Gasteiger partial charge < -0.3 is 19.4 Å². The maximum Gasteiger partial charge on any atom is 0.410 e. The summed E-state index contributed by atoms with van der Waals surface area (Å²) >= 11 is 6.17. The molecule has 0 radical (unpaired) electrons. The molecular formula is C32H40ClN5O3. The van der Waals surface area contributed by atoms with Crippen molar-refractivity contribution in [1.82, 2.24) is 19.6 Å². The highest BCUT2D eigenvalue weighted by Gasteiger charge is 2.35. The summed E-state index contributed by atoms with van der Waals surface area (Å²) in [6.45, 7) is 13.1. The molecule has 9 heteroatoms. The fourth-order valence-electron chi connectivity index (χ4n) is 5.87. The van der Waals surface area contributed by atoms with Gasteiger partial charge in [-0.1, -0.05) is 23.7 Å². The number of aryl methyl sites for hydroxylation is 1. The zero-order valence-corrected chi connectivity index (χ0v) is 25.4. The minimum Gasteiger partial charge on any atom is -0.444 e. The highest BCUT2D eigenvalue weighted by Crippen LogP contribution is 2.34. The molecule has 218 valence electrons. The van der Waals surface area contributed by atoms with Crippen LogP contribution in [0.4, 0.5) is 10.5 Å². The molecule has 2 aliphatic heterocycles. The molecule has 2 aliphatic rings. The largest absolute Gasteiger partial charge is 0.444 e. The monoisotopic (exact) mass is 577 g/mol. The van der Waals surface area contributed by atoms with Gasteiger partial charge >= 0.3 is 6.09 Å². The number of piperazine rings is 1. The zero-order chi connectivity index (χ0) is 29.3. The van der Waals surface area contributed by atoms with Crippen molar-refractivity contribution < 1.29 is 14.3 Å². The maximum atomic E-state index is 14.1. The first-order valence-electron chi connectivity index (χ1n) is 14.4. The van der Waals surface area contributed by atoms with Crippen molar-refractivity contribution in [2.75, 3.05) is 37.6 Å². The van der Waals surface area contributed by atoms with Gasteiger partial charge in [0.05, 0.1) is 23.1 Å². The molecule has 2 fully saturated rings. The standard InChI is InChI=1S/C32H40ClN5O3/c1-22-7-6-8-27(19-22)37-18-17-36(21-23(37)2)30(39)28-20-34-38(26-11-9-25(33)10-12-26)29(28)24-13-15-35(16-14-24)31(40)41-32(3,4)5/h6-12,19-20,23-24H,13-18,21H2,1-5H3. The SMILES string of the molecule is Cc1cccc(N2CCN(C(=O)c3cnn(-c4ccc(Cl)cc4)c3C3CCN(C(=O)OC(C)(C)C)CC3)CC2C)c1. The molecule has 2 saturated heterocycles. The molecule has 3 aromatic rings. The molecule has 2 amide bonds. The zero-order valence-electron chi connectivity index (χ0n) is 24.6. The van der Waals surface area contributed by atoms with Crippen LogP contribution in [0, 0.1) is 6.92 Å². The summed E-state index contributed by atoms with van der Waals surface area (Å²) in [5.74, 6) is 0.0716. The molecular weight excluding hydrogens is 538 g/mol. The number of anilines is 1. The molecule has 2 aromatic carbocycles. The van der Waals surface area contributed by atoms with Gasteiger partial charge in [0.15, 0.2) is 0 Å². The first-order valence-corrected chi connectivity index (χ1v) is 14.8. The Bertz CT molecular complexity index is 1390. The number of amides is 2. The van der Waals surface area contributed by atoms with Crippen molar-refractivity contribution in [3.8, 4) is 5.69 Å². The molecule has 0 bridgehead atoms. The second-order valence-corrected chi connectivity index (χ2v) is 12.6. The Hall–Kier alpha value is -3.52. The Morgan fingerprint density at radius 1 is 0.951 bits per heavy atom. The number of hydrogen-bond donors (Lipinski definition) is 0. The second kappa shape index (κ2) is 11.8. The summed E-state index contributed by atoms with van der Waals surface area (Å²) in [6.07, 6.45) is 2.86. The maximum absolute atomic E-state index is 14.1. The van der Waals surface area contributed by atoms with Gasteiger partial charge in [-0.15, -0.1) is 0 Å². The van der Waals surface area contributed by atoms with Gasteiger partial charge in [0.25, 0.3) is 5.91 Å². The van der Waals surface area contributed by atoms with Crippen molar-refractivity contribution in [3.05, 3.63) is 76.6 Å². The highest BCUT2D eigenvalue weighted by molar-refractivity contribution is 6.30. The van der Waals surface area contributed by atoms with E-state index < -0.39 is 5.60 Å². The lowest BCUT2D eigenvalue weighted by atomic mass is 9.90. The third-order valence-electron chi connectivity index (χ3n) is 7.89. The van der Waals surface area contributed by atoms with E-state index in [9.17, 15) is 9.59 Å². The van der Waals surface area contributed by atoms with Gasteiger partial charge in [-0.25, -0.2) is 9.48 Å². The normalized spacial score (nSPS) is 18.5. The summed E-state index contributed by atoms with van der Waals surface area (Å²) in [4.78, 5) is 32.9. The highest BCUT2D eigenvalue weighted by atomic mass is 35.5. The number of carbonyl (C=O) groups is 2. The van der Waals surface area contributed by atoms with E-state index in [4.69, 9.17) is 21.4 Å². The van der Waals surface area contributed by atoms with Crippen LogP contribution in [0.3, 0.4) is 0 Å². The number of rotatable bonds is 4. The van der Waals surface area contributed by atoms with Crippen molar-refractivity contribution in [3.63, 3.8) is 0 Å². The van der Waals surface area contributed by atoms with Crippen LogP contribution in [0.25, 0.3) is 5.69 Å². The summed E-state index contributed by atoms with van der Waals surface area (Å²) in [6, 6.07) is 16.2. The average Bonchev–Trinajstić information content (AvgIpc) is 3.37. The van der Waals surface area contributed by atoms with Crippen LogP contribution < -0.4 is 4.90 Å². The van der Waals surface area contributed by atoms with E-state index in [1.54, 1.807) is 11.1 Å². The van der Waals surface area contributed by atoms with Crippen molar-refractivity contribution in [2.24, 2.45) is 0 Å². The Labute approximate surface area is 247 Å². The predicted octanol–water partition coefficient (Wildman–Crippen LogP) is 6.30. The van der Waals surface area contributed by atoms with E-state index in [-0.39, 0.29) is 24.0 Å². The third-order valence-corrected chi connectivity index (χ3v) is 8.14. The number of ether oxygens (including phenoxy) is 1. The van der Waals surface area contributed by atoms with Crippen LogP contribution in [-0.4, -0.2) is 75.9 Å². The van der Waals surface area contributed by atoms with Crippen molar-refractivity contribution in [2.45, 2.75) is 65.0 Å². The summed E-state index contributed by atoms with van der Waals surface area (Å²) in [5.41, 5.74) is 4.27. The number of halogens is 1. The first kappa shape index (κ1) is 29.0. The number of benzene rings is 2. The van der Waals surface area contributed by atoms with E-state index in [1.807, 2.05) is 54.6 Å². The van der Waals surface area contributed by atoms with Gasteiger partial charge in [0.2, 0.25) is 0 Å². The van der Waals surface area contributed by atoms with Crippen LogP contribution in [-0.2, 0) is 4.74 Å². The molecule has 1 aromatic heterocycles. The quantitative estimate of drug-likeness (QED) is 0.364. The van der Waals surface area contributed by atoms with Gasteiger partial charge in [0, 0.05) is 55.4 Å². The third kappa shape index (κ3) is 6.53. The van der Waals surface area contributed by atoms with Crippen molar-refractivity contribution >= 4 is 29.3 Å². The Morgan fingerprint density at radius 2 is 1.66 bits per heavy atom. The lowest BCUT2D eigenvalue weighted by Crippen LogP contribution is -2.54. The number of aromatic nitrogens is 2. The lowest BCUT2D eigenvalue weighted by molar-refractivity contribution is 0.0203. The van der Waals surface area contributed by atoms with E-state index in [0.717, 1.165) is 30.8 Å². The van der Waals surface area contributed by atoms with Crippen molar-refractivity contribution in [1.29, 1.82) is 0 Å². The molecule has 3 heterocycles. The lowest BCUT2D eigenvalue weighted by Gasteiger charge is -2.41. The minimum absolute atomic E-state index is 0.00512. The minimum atomic E-state index is -0.540. The van der Waals surface area contributed by atoms with Gasteiger partial charge in [-0.05, 0) is 89.4 Å². The molecule has 1 unspecified atom stereocenters. The second-order valence-electron chi connectivity index (χ2n) is 12.2. The van der Waals surface area contributed by atoms with Crippen LogP contribution in [0.2, 0.25) is 5.02 Å². The summed E-state index contributed by atoms with van der Waals surface area (Å²) in [5, 5.41) is 5.35. The van der Waals surface area contributed by atoms with Crippen LogP contribution in [0.5, 0.6) is 0 Å². The van der Waals surface area contributed by atoms with E-state index >= 15 is 0 Å². The average molecular weight is 578 g/mol. The number of carbonyl (C=O) groups excluding carboxylic acids is 2. The Morgan fingerprint density at radius 3 is 2.29 bits per heavy atom. The summed E-state index contributed by atoms with van der Waals surface area (Å²) < 4.78 is 7.48. The molecule has 0 N–H and O–H groups in total. The van der Waals surface area contributed by atoms with Gasteiger partial charge in [-0.3, -0.25) is 4.79 Å². The predicted molar refractivity (Wildman–Crippen MR) is 162 cm³/mol. The van der Waals surface area contributed by atoms with Crippen LogP contribution >= 0.6 is 11.6 Å².